The first kappa shape index (κ1) is 10.8. The van der Waals surface area contributed by atoms with E-state index in [9.17, 15) is 5.11 Å². The van der Waals surface area contributed by atoms with Gasteiger partial charge in [-0.2, -0.15) is 0 Å². The molecule has 1 aromatic carbocycles. The van der Waals surface area contributed by atoms with E-state index < -0.39 is 6.10 Å². The third kappa shape index (κ3) is 2.12. The quantitative estimate of drug-likeness (QED) is 0.832. The van der Waals surface area contributed by atoms with Crippen molar-refractivity contribution in [1.82, 2.24) is 4.98 Å². The Morgan fingerprint density at radius 2 is 2.00 bits per heavy atom. The molecule has 0 amide bonds. The van der Waals surface area contributed by atoms with Crippen molar-refractivity contribution in [3.05, 3.63) is 65.0 Å². The van der Waals surface area contributed by atoms with Gasteiger partial charge in [-0.25, -0.2) is 0 Å². The van der Waals surface area contributed by atoms with Crippen molar-refractivity contribution in [3.63, 3.8) is 0 Å². The predicted molar refractivity (Wildman–Crippen MR) is 64.2 cm³/mol. The molecule has 0 saturated carbocycles. The van der Waals surface area contributed by atoms with Crippen LogP contribution < -0.4 is 0 Å². The first-order chi connectivity index (χ1) is 7.68. The van der Waals surface area contributed by atoms with E-state index in [1.165, 1.54) is 5.56 Å². The summed E-state index contributed by atoms with van der Waals surface area (Å²) in [4.78, 5) is 4.02. The van der Waals surface area contributed by atoms with Crippen LogP contribution in [0.2, 0.25) is 0 Å². The lowest BCUT2D eigenvalue weighted by atomic mass is 9.97. The molecule has 0 aliphatic carbocycles. The minimum absolute atomic E-state index is 0.589. The van der Waals surface area contributed by atoms with E-state index in [4.69, 9.17) is 0 Å². The van der Waals surface area contributed by atoms with Gasteiger partial charge in [0.15, 0.2) is 0 Å². The van der Waals surface area contributed by atoms with Crippen LogP contribution in [0.1, 0.15) is 28.4 Å². The lowest BCUT2D eigenvalue weighted by molar-refractivity contribution is 0.219. The van der Waals surface area contributed by atoms with E-state index >= 15 is 0 Å². The molecule has 1 aromatic heterocycles. The average Bonchev–Trinajstić information content (AvgIpc) is 2.29. The molecule has 82 valence electrons. The molecular weight excluding hydrogens is 198 g/mol. The maximum atomic E-state index is 10.2. The summed E-state index contributed by atoms with van der Waals surface area (Å²) in [7, 11) is 0. The van der Waals surface area contributed by atoms with Crippen LogP contribution in [0.4, 0.5) is 0 Å². The molecule has 1 heterocycles. The molecule has 16 heavy (non-hydrogen) atoms. The molecule has 0 radical (unpaired) electrons. The van der Waals surface area contributed by atoms with Gasteiger partial charge in [-0.05, 0) is 31.0 Å². The first-order valence-electron chi connectivity index (χ1n) is 5.33. The number of aromatic nitrogens is 1. The molecule has 2 aromatic rings. The van der Waals surface area contributed by atoms with E-state index in [1.807, 2.05) is 38.1 Å². The zero-order valence-electron chi connectivity index (χ0n) is 9.51. The molecule has 1 N–H and O–H groups in total. The fourth-order valence-corrected chi connectivity index (χ4v) is 1.85. The van der Waals surface area contributed by atoms with Gasteiger partial charge in [0.05, 0.1) is 0 Å². The molecule has 0 unspecified atom stereocenters. The second-order valence-electron chi connectivity index (χ2n) is 4.05. The summed E-state index contributed by atoms with van der Waals surface area (Å²) < 4.78 is 0. The SMILES string of the molecule is Cc1ccc([C@H](O)c2cccnc2)c(C)c1. The molecule has 2 heteroatoms. The smallest absolute Gasteiger partial charge is 0.106 e. The highest BCUT2D eigenvalue weighted by Crippen LogP contribution is 2.24. The van der Waals surface area contributed by atoms with E-state index in [0.29, 0.717) is 0 Å². The Morgan fingerprint density at radius 3 is 2.62 bits per heavy atom. The zero-order chi connectivity index (χ0) is 11.5. The Morgan fingerprint density at radius 1 is 1.19 bits per heavy atom. The first-order valence-corrected chi connectivity index (χ1v) is 5.33. The van der Waals surface area contributed by atoms with Crippen molar-refractivity contribution < 1.29 is 5.11 Å². The number of benzene rings is 1. The highest BCUT2D eigenvalue weighted by Gasteiger charge is 2.12. The standard InChI is InChI=1S/C14H15NO/c1-10-5-6-13(11(2)8-10)14(16)12-4-3-7-15-9-12/h3-9,14,16H,1-2H3/t14-/m1/s1. The van der Waals surface area contributed by atoms with Crippen LogP contribution in [0.5, 0.6) is 0 Å². The third-order valence-corrected chi connectivity index (χ3v) is 2.72. The summed E-state index contributed by atoms with van der Waals surface area (Å²) in [6.07, 6.45) is 2.82. The van der Waals surface area contributed by atoms with Crippen LogP contribution in [0.15, 0.2) is 42.7 Å². The number of hydrogen-bond acceptors (Lipinski definition) is 2. The number of rotatable bonds is 2. The van der Waals surface area contributed by atoms with E-state index in [-0.39, 0.29) is 0 Å². The zero-order valence-corrected chi connectivity index (χ0v) is 9.51. The van der Waals surface area contributed by atoms with E-state index in [1.54, 1.807) is 12.4 Å². The van der Waals surface area contributed by atoms with Gasteiger partial charge in [0.2, 0.25) is 0 Å². The van der Waals surface area contributed by atoms with Gasteiger partial charge in [-0.3, -0.25) is 4.98 Å². The summed E-state index contributed by atoms with van der Waals surface area (Å²) in [5.41, 5.74) is 4.09. The molecule has 2 nitrogen and oxygen atoms in total. The highest BCUT2D eigenvalue weighted by atomic mass is 16.3. The normalized spacial score (nSPS) is 12.4. The summed E-state index contributed by atoms with van der Waals surface area (Å²) in [6.45, 7) is 4.06. The van der Waals surface area contributed by atoms with Gasteiger partial charge < -0.3 is 5.11 Å². The minimum Gasteiger partial charge on any atom is -0.384 e. The van der Waals surface area contributed by atoms with E-state index in [0.717, 1.165) is 16.7 Å². The third-order valence-electron chi connectivity index (χ3n) is 2.72. The molecule has 0 fully saturated rings. The van der Waals surface area contributed by atoms with Crippen molar-refractivity contribution in [1.29, 1.82) is 0 Å². The van der Waals surface area contributed by atoms with Gasteiger partial charge in [-0.15, -0.1) is 0 Å². The van der Waals surface area contributed by atoms with Gasteiger partial charge in [-0.1, -0.05) is 29.8 Å². The molecule has 0 saturated heterocycles. The van der Waals surface area contributed by atoms with Crippen LogP contribution in [0.25, 0.3) is 0 Å². The topological polar surface area (TPSA) is 33.1 Å². The van der Waals surface area contributed by atoms with Gasteiger partial charge in [0, 0.05) is 18.0 Å². The number of aliphatic hydroxyl groups is 1. The van der Waals surface area contributed by atoms with Crippen molar-refractivity contribution in [2.24, 2.45) is 0 Å². The van der Waals surface area contributed by atoms with Gasteiger partial charge in [0.25, 0.3) is 0 Å². The van der Waals surface area contributed by atoms with Crippen molar-refractivity contribution in [2.75, 3.05) is 0 Å². The number of hydrogen-bond donors (Lipinski definition) is 1. The highest BCUT2D eigenvalue weighted by molar-refractivity contribution is 5.36. The van der Waals surface area contributed by atoms with Gasteiger partial charge >= 0.3 is 0 Å². The molecule has 0 aliphatic rings. The molecule has 0 spiro atoms. The second kappa shape index (κ2) is 4.45. The Bertz CT molecular complexity index is 479. The summed E-state index contributed by atoms with van der Waals surface area (Å²) in [6, 6.07) is 9.79. The van der Waals surface area contributed by atoms with Crippen LogP contribution >= 0.6 is 0 Å². The van der Waals surface area contributed by atoms with Crippen LogP contribution in [-0.4, -0.2) is 10.1 Å². The number of pyridine rings is 1. The van der Waals surface area contributed by atoms with Crippen molar-refractivity contribution in [3.8, 4) is 0 Å². The van der Waals surface area contributed by atoms with Crippen molar-refractivity contribution in [2.45, 2.75) is 20.0 Å². The average molecular weight is 213 g/mol. The largest absolute Gasteiger partial charge is 0.384 e. The summed E-state index contributed by atoms with van der Waals surface area (Å²) in [5, 5.41) is 10.2. The number of aliphatic hydroxyl groups excluding tert-OH is 1. The molecule has 0 aliphatic heterocycles. The number of aryl methyl sites for hydroxylation is 2. The molecule has 1 atom stereocenters. The second-order valence-corrected chi connectivity index (χ2v) is 4.05. The summed E-state index contributed by atoms with van der Waals surface area (Å²) in [5.74, 6) is 0. The summed E-state index contributed by atoms with van der Waals surface area (Å²) >= 11 is 0. The molecule has 2 rings (SSSR count). The predicted octanol–water partition coefficient (Wildman–Crippen LogP) is 2.78. The monoisotopic (exact) mass is 213 g/mol. The molecule has 0 bridgehead atoms. The maximum Gasteiger partial charge on any atom is 0.106 e. The number of nitrogens with zero attached hydrogens (tertiary/aromatic N) is 1. The lowest BCUT2D eigenvalue weighted by Gasteiger charge is -2.14. The molecular formula is C14H15NO. The van der Waals surface area contributed by atoms with Crippen LogP contribution in [0, 0.1) is 13.8 Å². The van der Waals surface area contributed by atoms with Gasteiger partial charge in [0.1, 0.15) is 6.10 Å². The Labute approximate surface area is 95.6 Å². The van der Waals surface area contributed by atoms with Crippen molar-refractivity contribution >= 4 is 0 Å². The fraction of sp³-hybridized carbons (Fsp3) is 0.214. The Hall–Kier alpha value is -1.67. The van der Waals surface area contributed by atoms with Crippen LogP contribution in [-0.2, 0) is 0 Å². The lowest BCUT2D eigenvalue weighted by Crippen LogP contribution is -2.02. The fourth-order valence-electron chi connectivity index (χ4n) is 1.85. The Balaban J connectivity index is 2.38. The minimum atomic E-state index is -0.589. The Kier molecular flexibility index (Phi) is 3.02. The van der Waals surface area contributed by atoms with E-state index in [2.05, 4.69) is 11.1 Å². The maximum absolute atomic E-state index is 10.2. The van der Waals surface area contributed by atoms with Crippen LogP contribution in [0.3, 0.4) is 0 Å².